The van der Waals surface area contributed by atoms with Gasteiger partial charge in [-0.05, 0) is 25.0 Å². The highest BCUT2D eigenvalue weighted by molar-refractivity contribution is 8.04. The van der Waals surface area contributed by atoms with Crippen LogP contribution in [0.5, 0.6) is 0 Å². The van der Waals surface area contributed by atoms with E-state index in [0.29, 0.717) is 17.3 Å². The maximum Gasteiger partial charge on any atom is 0.333 e. The van der Waals surface area contributed by atoms with Crippen molar-refractivity contribution in [1.29, 1.82) is 0 Å². The Bertz CT molecular complexity index is 885. The number of esters is 1. The van der Waals surface area contributed by atoms with Crippen molar-refractivity contribution in [2.75, 3.05) is 25.2 Å². The second-order valence-corrected chi connectivity index (χ2v) is 8.29. The van der Waals surface area contributed by atoms with E-state index < -0.39 is 5.97 Å². The van der Waals surface area contributed by atoms with Crippen LogP contribution in [0.15, 0.2) is 40.8 Å². The minimum atomic E-state index is -0.446. The van der Waals surface area contributed by atoms with Crippen LogP contribution >= 0.6 is 23.5 Å². The minimum Gasteiger partial charge on any atom is -0.466 e. The molecule has 10 heteroatoms. The zero-order valence-electron chi connectivity index (χ0n) is 16.4. The van der Waals surface area contributed by atoms with Gasteiger partial charge in [0.1, 0.15) is 0 Å². The molecule has 0 N–H and O–H groups in total. The number of aromatic nitrogens is 4. The molecule has 2 aromatic heterocycles. The third kappa shape index (κ3) is 5.39. The van der Waals surface area contributed by atoms with Crippen LogP contribution in [0.1, 0.15) is 19.8 Å². The Morgan fingerprint density at radius 2 is 2.10 bits per heavy atom. The molecule has 1 amide bonds. The normalized spacial score (nSPS) is 15.3. The summed E-state index contributed by atoms with van der Waals surface area (Å²) in [6.45, 7) is 3.51. The molecule has 3 heterocycles. The van der Waals surface area contributed by atoms with E-state index in [2.05, 4.69) is 31.4 Å². The predicted octanol–water partition coefficient (Wildman–Crippen LogP) is 2.82. The van der Waals surface area contributed by atoms with Gasteiger partial charge < -0.3 is 14.2 Å². The van der Waals surface area contributed by atoms with E-state index in [4.69, 9.17) is 0 Å². The predicted molar refractivity (Wildman–Crippen MR) is 113 cm³/mol. The minimum absolute atomic E-state index is 0.0178. The van der Waals surface area contributed by atoms with Crippen LogP contribution in [-0.2, 0) is 20.9 Å². The molecule has 0 radical (unpaired) electrons. The zero-order valence-corrected chi connectivity index (χ0v) is 18.0. The van der Waals surface area contributed by atoms with Gasteiger partial charge in [0.2, 0.25) is 5.91 Å². The zero-order chi connectivity index (χ0) is 20.6. The molecule has 2 aromatic rings. The average molecular weight is 434 g/mol. The Balaban J connectivity index is 1.60. The number of carbonyl (C=O) groups is 2. The number of thioether (sulfide) groups is 2. The maximum absolute atomic E-state index is 12.1. The van der Waals surface area contributed by atoms with Gasteiger partial charge >= 0.3 is 5.97 Å². The van der Waals surface area contributed by atoms with Gasteiger partial charge in [-0.1, -0.05) is 30.4 Å². The molecular weight excluding hydrogens is 410 g/mol. The number of ether oxygens (including phenoxy) is 1. The molecule has 1 saturated heterocycles. The van der Waals surface area contributed by atoms with Crippen molar-refractivity contribution < 1.29 is 14.3 Å². The number of hydrogen-bond donors (Lipinski definition) is 0. The molecule has 29 heavy (non-hydrogen) atoms. The van der Waals surface area contributed by atoms with Gasteiger partial charge in [-0.2, -0.15) is 0 Å². The smallest absolute Gasteiger partial charge is 0.333 e. The van der Waals surface area contributed by atoms with Crippen molar-refractivity contribution in [2.45, 2.75) is 31.5 Å². The van der Waals surface area contributed by atoms with Crippen LogP contribution in [0.3, 0.4) is 0 Å². The van der Waals surface area contributed by atoms with Gasteiger partial charge in [0, 0.05) is 36.8 Å². The molecule has 0 aliphatic carbocycles. The molecule has 0 unspecified atom stereocenters. The number of nitrogens with zero attached hydrogens (tertiary/aromatic N) is 5. The summed E-state index contributed by atoms with van der Waals surface area (Å²) < 4.78 is 6.79. The van der Waals surface area contributed by atoms with E-state index in [1.807, 2.05) is 12.1 Å². The molecular formula is C19H23N5O3S2. The van der Waals surface area contributed by atoms with Crippen LogP contribution in [0.25, 0.3) is 11.4 Å². The first-order valence-corrected chi connectivity index (χ1v) is 11.3. The van der Waals surface area contributed by atoms with Crippen LogP contribution in [0.4, 0.5) is 0 Å². The van der Waals surface area contributed by atoms with Crippen LogP contribution in [-0.4, -0.2) is 61.7 Å². The highest BCUT2D eigenvalue weighted by Crippen LogP contribution is 2.30. The molecule has 0 aromatic carbocycles. The first-order chi connectivity index (χ1) is 14.1. The summed E-state index contributed by atoms with van der Waals surface area (Å²) in [7, 11) is 1.33. The van der Waals surface area contributed by atoms with Crippen LogP contribution < -0.4 is 0 Å². The van der Waals surface area contributed by atoms with Crippen molar-refractivity contribution in [1.82, 2.24) is 24.6 Å². The summed E-state index contributed by atoms with van der Waals surface area (Å²) in [6, 6.07) is 3.85. The summed E-state index contributed by atoms with van der Waals surface area (Å²) in [5, 5.41) is 10.2. The second kappa shape index (κ2) is 10.4. The third-order valence-corrected chi connectivity index (χ3v) is 6.29. The van der Waals surface area contributed by atoms with E-state index in [0.717, 1.165) is 41.7 Å². The third-order valence-electron chi connectivity index (χ3n) is 4.21. The van der Waals surface area contributed by atoms with Gasteiger partial charge in [-0.15, -0.1) is 10.2 Å². The summed E-state index contributed by atoms with van der Waals surface area (Å²) in [6.07, 6.45) is 6.63. The highest BCUT2D eigenvalue weighted by atomic mass is 32.2. The average Bonchev–Trinajstić information content (AvgIpc) is 3.30. The Hall–Kier alpha value is -2.33. The topological polar surface area (TPSA) is 90.2 Å². The first-order valence-electron chi connectivity index (χ1n) is 9.33. The van der Waals surface area contributed by atoms with Crippen LogP contribution in [0, 0.1) is 0 Å². The van der Waals surface area contributed by atoms with Crippen molar-refractivity contribution >= 4 is 35.4 Å². The monoisotopic (exact) mass is 433 g/mol. The number of hydrogen-bond acceptors (Lipinski definition) is 8. The van der Waals surface area contributed by atoms with Gasteiger partial charge in [-0.3, -0.25) is 9.78 Å². The Kier molecular flexibility index (Phi) is 7.70. The first kappa shape index (κ1) is 21.4. The summed E-state index contributed by atoms with van der Waals surface area (Å²) >= 11 is 2.99. The Labute approximate surface area is 178 Å². The lowest BCUT2D eigenvalue weighted by molar-refractivity contribution is -0.134. The quantitative estimate of drug-likeness (QED) is 0.258. The molecule has 1 aliphatic heterocycles. The van der Waals surface area contributed by atoms with E-state index in [1.54, 1.807) is 29.1 Å². The number of amides is 1. The van der Waals surface area contributed by atoms with Gasteiger partial charge in [0.05, 0.1) is 24.0 Å². The van der Waals surface area contributed by atoms with E-state index >= 15 is 0 Å². The maximum atomic E-state index is 12.1. The molecule has 0 saturated carbocycles. The molecule has 8 nitrogen and oxygen atoms in total. The number of pyridine rings is 1. The molecule has 154 valence electrons. The highest BCUT2D eigenvalue weighted by Gasteiger charge is 2.27. The number of carbonyl (C=O) groups excluding carboxylic acids is 2. The second-order valence-electron chi connectivity index (χ2n) is 6.24. The van der Waals surface area contributed by atoms with Gasteiger partial charge in [0.25, 0.3) is 0 Å². The van der Waals surface area contributed by atoms with E-state index in [1.165, 1.54) is 24.9 Å². The molecule has 0 atom stereocenters. The van der Waals surface area contributed by atoms with Crippen molar-refractivity contribution in [2.24, 2.45) is 0 Å². The molecule has 0 spiro atoms. The lowest BCUT2D eigenvalue weighted by Crippen LogP contribution is -2.26. The standard InChI is InChI=1S/C19H23N5O3S2/c1-3-9-24-18(14-5-7-20-8-6-14)21-22-19(24)28-11-4-10-23-15(25)13-29-16(23)12-17(26)27-2/h5-8,12H,3-4,9-11,13H2,1-2H3/b16-12-. The van der Waals surface area contributed by atoms with E-state index in [-0.39, 0.29) is 5.91 Å². The van der Waals surface area contributed by atoms with Crippen molar-refractivity contribution in [3.63, 3.8) is 0 Å². The summed E-state index contributed by atoms with van der Waals surface area (Å²) in [5.41, 5.74) is 0.991. The van der Waals surface area contributed by atoms with E-state index in [9.17, 15) is 9.59 Å². The van der Waals surface area contributed by atoms with Crippen molar-refractivity contribution in [3.05, 3.63) is 35.6 Å². The summed E-state index contributed by atoms with van der Waals surface area (Å²) in [4.78, 5) is 29.3. The summed E-state index contributed by atoms with van der Waals surface area (Å²) in [5.74, 6) is 1.56. The fourth-order valence-electron chi connectivity index (χ4n) is 2.85. The largest absolute Gasteiger partial charge is 0.466 e. The number of rotatable bonds is 9. The Morgan fingerprint density at radius 1 is 1.31 bits per heavy atom. The Morgan fingerprint density at radius 3 is 2.83 bits per heavy atom. The molecule has 3 rings (SSSR count). The van der Waals surface area contributed by atoms with Gasteiger partial charge in [0.15, 0.2) is 11.0 Å². The molecule has 1 aliphatic rings. The molecule has 0 bridgehead atoms. The lowest BCUT2D eigenvalue weighted by atomic mass is 10.2. The van der Waals surface area contributed by atoms with Crippen LogP contribution in [0.2, 0.25) is 0 Å². The number of methoxy groups -OCH3 is 1. The van der Waals surface area contributed by atoms with Gasteiger partial charge in [-0.25, -0.2) is 4.79 Å². The SMILES string of the molecule is CCCn1c(SCCCN2C(=O)CS/C2=C\C(=O)OC)nnc1-c1ccncc1. The van der Waals surface area contributed by atoms with Crippen molar-refractivity contribution in [3.8, 4) is 11.4 Å². The lowest BCUT2D eigenvalue weighted by Gasteiger charge is -2.16. The fourth-order valence-corrected chi connectivity index (χ4v) is 4.69. The fraction of sp³-hybridized carbons (Fsp3) is 0.421. The molecule has 1 fully saturated rings.